The van der Waals surface area contributed by atoms with E-state index in [2.05, 4.69) is 5.32 Å². The first-order valence-corrected chi connectivity index (χ1v) is 5.48. The van der Waals surface area contributed by atoms with Crippen molar-refractivity contribution in [3.63, 3.8) is 0 Å². The van der Waals surface area contributed by atoms with Crippen molar-refractivity contribution in [1.82, 2.24) is 5.32 Å². The van der Waals surface area contributed by atoms with E-state index in [-0.39, 0.29) is 65.4 Å². The average molecular weight is 334 g/mol. The Morgan fingerprint density at radius 3 is 2.22 bits per heavy atom. The van der Waals surface area contributed by atoms with E-state index < -0.39 is 5.97 Å². The predicted molar refractivity (Wildman–Crippen MR) is 66.9 cm³/mol. The number of ether oxygens (including phenoxy) is 1. The van der Waals surface area contributed by atoms with E-state index in [0.717, 1.165) is 6.42 Å². The maximum absolute atomic E-state index is 10.9. The van der Waals surface area contributed by atoms with Crippen LogP contribution in [-0.2, 0) is 51.8 Å². The molecule has 0 aromatic heterocycles. The van der Waals surface area contributed by atoms with Crippen LogP contribution in [-0.4, -0.2) is 31.3 Å². The maximum atomic E-state index is 10.9. The Bertz CT molecular complexity index is 210. The van der Waals surface area contributed by atoms with Gasteiger partial charge in [-0.2, -0.15) is 0 Å². The molecule has 18 heavy (non-hydrogen) atoms. The SMILES string of the molecule is CC.CCCOC(=O)CCC(=O)NC[C-]=O.[CH3-].[Y]. The van der Waals surface area contributed by atoms with Crippen LogP contribution in [0.25, 0.3) is 0 Å². The molecule has 0 spiro atoms. The second-order valence-electron chi connectivity index (χ2n) is 2.64. The van der Waals surface area contributed by atoms with Gasteiger partial charge in [-0.25, -0.2) is 6.29 Å². The first-order chi connectivity index (χ1) is 7.70. The van der Waals surface area contributed by atoms with Gasteiger partial charge in [-0.05, 0) is 6.42 Å². The Labute approximate surface area is 135 Å². The van der Waals surface area contributed by atoms with Crippen LogP contribution < -0.4 is 5.32 Å². The molecule has 0 aromatic carbocycles. The molecule has 105 valence electrons. The molecule has 0 aliphatic heterocycles. The van der Waals surface area contributed by atoms with Gasteiger partial charge in [-0.15, -0.1) is 0 Å². The third-order valence-electron chi connectivity index (χ3n) is 1.38. The Balaban J connectivity index is -0.000000232. The molecule has 0 atom stereocenters. The molecule has 0 bridgehead atoms. The zero-order valence-corrected chi connectivity index (χ0v) is 14.6. The number of carbonyl (C=O) groups is 2. The quantitative estimate of drug-likeness (QED) is 0.565. The number of rotatable bonds is 7. The minimum absolute atomic E-state index is 0. The molecular formula is C12H23NO4Y-2. The molecule has 0 aliphatic rings. The van der Waals surface area contributed by atoms with Crippen LogP contribution in [0.1, 0.15) is 40.0 Å². The number of hydrogen-bond acceptors (Lipinski definition) is 4. The standard InChI is InChI=1S/C9H14NO4.C2H6.CH3.Y/c1-2-7-14-9(13)4-3-8(12)10-5-6-11;1-2;;/h2-5,7H2,1H3,(H,10,12);1-2H3;1H3;/q-1;;-1;. The topological polar surface area (TPSA) is 72.5 Å². The van der Waals surface area contributed by atoms with Gasteiger partial charge in [0.1, 0.15) is 0 Å². The van der Waals surface area contributed by atoms with Crippen LogP contribution in [0.2, 0.25) is 0 Å². The fourth-order valence-electron chi connectivity index (χ4n) is 0.727. The van der Waals surface area contributed by atoms with Crippen molar-refractivity contribution >= 4 is 18.2 Å². The summed E-state index contributed by atoms with van der Waals surface area (Å²) >= 11 is 0. The molecule has 1 N–H and O–H groups in total. The van der Waals surface area contributed by atoms with Crippen LogP contribution >= 0.6 is 0 Å². The van der Waals surface area contributed by atoms with E-state index in [1.54, 1.807) is 0 Å². The summed E-state index contributed by atoms with van der Waals surface area (Å²) in [4.78, 5) is 31.5. The van der Waals surface area contributed by atoms with Gasteiger partial charge in [0.2, 0.25) is 5.91 Å². The van der Waals surface area contributed by atoms with E-state index in [1.807, 2.05) is 20.8 Å². The summed E-state index contributed by atoms with van der Waals surface area (Å²) in [6.45, 7) is 6.13. The number of nitrogens with one attached hydrogen (secondary N) is 1. The van der Waals surface area contributed by atoms with E-state index in [1.165, 1.54) is 6.29 Å². The molecule has 0 saturated heterocycles. The second-order valence-corrected chi connectivity index (χ2v) is 2.64. The molecule has 0 saturated carbocycles. The van der Waals surface area contributed by atoms with Crippen LogP contribution in [0.15, 0.2) is 0 Å². The summed E-state index contributed by atoms with van der Waals surface area (Å²) in [7, 11) is 0. The summed E-state index contributed by atoms with van der Waals surface area (Å²) in [5.41, 5.74) is 0. The zero-order valence-electron chi connectivity index (χ0n) is 11.7. The summed E-state index contributed by atoms with van der Waals surface area (Å²) in [5.74, 6) is -0.737. The summed E-state index contributed by atoms with van der Waals surface area (Å²) in [6.07, 6.45) is 2.38. The minimum atomic E-state index is -0.392. The Morgan fingerprint density at radius 2 is 1.78 bits per heavy atom. The maximum Gasteiger partial charge on any atom is 0.306 e. The van der Waals surface area contributed by atoms with E-state index in [4.69, 9.17) is 4.74 Å². The number of amides is 1. The van der Waals surface area contributed by atoms with Crippen LogP contribution in [0, 0.1) is 7.43 Å². The molecule has 1 radical (unpaired) electrons. The van der Waals surface area contributed by atoms with Gasteiger partial charge in [-0.3, -0.25) is 9.59 Å². The van der Waals surface area contributed by atoms with Gasteiger partial charge in [-0.1, -0.05) is 27.3 Å². The van der Waals surface area contributed by atoms with Crippen LogP contribution in [0.3, 0.4) is 0 Å². The van der Waals surface area contributed by atoms with Gasteiger partial charge < -0.3 is 22.3 Å². The molecule has 0 heterocycles. The van der Waals surface area contributed by atoms with Crippen molar-refractivity contribution in [3.8, 4) is 0 Å². The van der Waals surface area contributed by atoms with Crippen LogP contribution in [0.4, 0.5) is 0 Å². The first kappa shape index (κ1) is 26.3. The average Bonchev–Trinajstić information content (AvgIpc) is 2.33. The molecular weight excluding hydrogens is 311 g/mol. The molecule has 6 heteroatoms. The molecule has 0 unspecified atom stereocenters. The summed E-state index contributed by atoms with van der Waals surface area (Å²) < 4.78 is 4.75. The fraction of sp³-hybridized carbons (Fsp3) is 0.667. The van der Waals surface area contributed by atoms with Gasteiger partial charge in [0.25, 0.3) is 0 Å². The van der Waals surface area contributed by atoms with Gasteiger partial charge in [0.05, 0.1) is 13.0 Å². The van der Waals surface area contributed by atoms with Crippen molar-refractivity contribution < 1.29 is 51.8 Å². The fourth-order valence-corrected chi connectivity index (χ4v) is 0.727. The van der Waals surface area contributed by atoms with Crippen molar-refractivity contribution in [2.24, 2.45) is 0 Å². The third-order valence-corrected chi connectivity index (χ3v) is 1.38. The van der Waals surface area contributed by atoms with Crippen LogP contribution in [0.5, 0.6) is 0 Å². The third kappa shape index (κ3) is 21.0. The minimum Gasteiger partial charge on any atom is -0.540 e. The molecule has 0 rings (SSSR count). The van der Waals surface area contributed by atoms with Crippen molar-refractivity contribution in [2.75, 3.05) is 13.2 Å². The van der Waals surface area contributed by atoms with Gasteiger partial charge >= 0.3 is 5.97 Å². The van der Waals surface area contributed by atoms with E-state index in [9.17, 15) is 14.4 Å². The first-order valence-electron chi connectivity index (χ1n) is 5.48. The smallest absolute Gasteiger partial charge is 0.306 e. The van der Waals surface area contributed by atoms with E-state index in [0.29, 0.717) is 6.61 Å². The second kappa shape index (κ2) is 21.9. The molecule has 0 aromatic rings. The molecule has 5 nitrogen and oxygen atoms in total. The Hall–Kier alpha value is -0.286. The Kier molecular flexibility index (Phi) is 32.1. The van der Waals surface area contributed by atoms with E-state index >= 15 is 0 Å². The number of hydrogen-bond donors (Lipinski definition) is 1. The van der Waals surface area contributed by atoms with Crippen molar-refractivity contribution in [2.45, 2.75) is 40.0 Å². The Morgan fingerprint density at radius 1 is 1.22 bits per heavy atom. The van der Waals surface area contributed by atoms with Crippen molar-refractivity contribution in [3.05, 3.63) is 7.43 Å². The normalized spacial score (nSPS) is 7.50. The molecule has 0 fully saturated rings. The van der Waals surface area contributed by atoms with Crippen molar-refractivity contribution in [1.29, 1.82) is 0 Å². The monoisotopic (exact) mass is 334 g/mol. The van der Waals surface area contributed by atoms with Gasteiger partial charge in [0.15, 0.2) is 0 Å². The summed E-state index contributed by atoms with van der Waals surface area (Å²) in [6, 6.07) is 0. The summed E-state index contributed by atoms with van der Waals surface area (Å²) in [5, 5.41) is 2.27. The van der Waals surface area contributed by atoms with Gasteiger partial charge in [0, 0.05) is 39.1 Å². The number of carbonyl (C=O) groups excluding carboxylic acids is 3. The molecule has 1 amide bonds. The zero-order chi connectivity index (χ0) is 12.8. The largest absolute Gasteiger partial charge is 0.540 e. The number of esters is 1. The predicted octanol–water partition coefficient (Wildman–Crippen LogP) is 1.42. The molecule has 0 aliphatic carbocycles.